The van der Waals surface area contributed by atoms with E-state index in [0.29, 0.717) is 0 Å². The lowest BCUT2D eigenvalue weighted by atomic mass is 10.2. The number of hydrogen-bond acceptors (Lipinski definition) is 3. The molecule has 0 radical (unpaired) electrons. The molecule has 0 aliphatic rings. The third-order valence-corrected chi connectivity index (χ3v) is 3.80. The highest BCUT2D eigenvalue weighted by molar-refractivity contribution is 9.10. The molecule has 21 heavy (non-hydrogen) atoms. The van der Waals surface area contributed by atoms with Gasteiger partial charge in [-0.25, -0.2) is 0 Å². The number of hydrogen-bond donors (Lipinski definition) is 1. The van der Waals surface area contributed by atoms with Crippen molar-refractivity contribution in [3.05, 3.63) is 52.5 Å². The SMILES string of the molecule is CCCNCc1ccc(Oc2ccc(OC)cc2)cc1Br. The zero-order valence-electron chi connectivity index (χ0n) is 12.4. The van der Waals surface area contributed by atoms with Gasteiger partial charge in [-0.2, -0.15) is 0 Å². The van der Waals surface area contributed by atoms with E-state index < -0.39 is 0 Å². The zero-order chi connectivity index (χ0) is 15.1. The van der Waals surface area contributed by atoms with Crippen LogP contribution in [0.2, 0.25) is 0 Å². The molecule has 4 heteroatoms. The van der Waals surface area contributed by atoms with Gasteiger partial charge < -0.3 is 14.8 Å². The number of methoxy groups -OCH3 is 1. The lowest BCUT2D eigenvalue weighted by Gasteiger charge is -2.10. The summed E-state index contributed by atoms with van der Waals surface area (Å²) in [5.41, 5.74) is 1.23. The molecule has 1 N–H and O–H groups in total. The number of benzene rings is 2. The predicted octanol–water partition coefficient (Wildman–Crippen LogP) is 4.75. The Morgan fingerprint density at radius 1 is 1.00 bits per heavy atom. The molecular weight excluding hydrogens is 330 g/mol. The van der Waals surface area contributed by atoms with Crippen LogP contribution in [-0.4, -0.2) is 13.7 Å². The van der Waals surface area contributed by atoms with Crippen LogP contribution in [0.4, 0.5) is 0 Å². The van der Waals surface area contributed by atoms with Crippen LogP contribution in [-0.2, 0) is 6.54 Å². The van der Waals surface area contributed by atoms with Crippen molar-refractivity contribution in [2.75, 3.05) is 13.7 Å². The normalized spacial score (nSPS) is 10.4. The fourth-order valence-corrected chi connectivity index (χ4v) is 2.41. The van der Waals surface area contributed by atoms with Crippen LogP contribution in [0.25, 0.3) is 0 Å². The Bertz CT molecular complexity index is 570. The van der Waals surface area contributed by atoms with E-state index in [0.717, 1.165) is 41.2 Å². The number of rotatable bonds is 7. The molecule has 0 fully saturated rings. The maximum Gasteiger partial charge on any atom is 0.128 e. The van der Waals surface area contributed by atoms with E-state index in [4.69, 9.17) is 9.47 Å². The summed E-state index contributed by atoms with van der Waals surface area (Å²) in [6.07, 6.45) is 1.14. The van der Waals surface area contributed by atoms with E-state index in [9.17, 15) is 0 Å². The maximum atomic E-state index is 5.83. The van der Waals surface area contributed by atoms with Gasteiger partial charge in [-0.1, -0.05) is 28.9 Å². The Morgan fingerprint density at radius 2 is 1.67 bits per heavy atom. The number of ether oxygens (including phenoxy) is 2. The summed E-state index contributed by atoms with van der Waals surface area (Å²) in [6.45, 7) is 4.04. The van der Waals surface area contributed by atoms with Crippen LogP contribution in [0, 0.1) is 0 Å². The highest BCUT2D eigenvalue weighted by Crippen LogP contribution is 2.28. The van der Waals surface area contributed by atoms with Gasteiger partial charge in [0.05, 0.1) is 7.11 Å². The maximum absolute atomic E-state index is 5.83. The molecule has 112 valence electrons. The summed E-state index contributed by atoms with van der Waals surface area (Å²) in [5.74, 6) is 2.42. The van der Waals surface area contributed by atoms with Crippen LogP contribution in [0.15, 0.2) is 46.9 Å². The van der Waals surface area contributed by atoms with Gasteiger partial charge in [-0.15, -0.1) is 0 Å². The van der Waals surface area contributed by atoms with E-state index in [2.05, 4.69) is 34.2 Å². The van der Waals surface area contributed by atoms with E-state index in [1.54, 1.807) is 7.11 Å². The minimum Gasteiger partial charge on any atom is -0.497 e. The fraction of sp³-hybridized carbons (Fsp3) is 0.294. The number of nitrogens with one attached hydrogen (secondary N) is 1. The van der Waals surface area contributed by atoms with E-state index in [1.807, 2.05) is 36.4 Å². The lowest BCUT2D eigenvalue weighted by molar-refractivity contribution is 0.413. The van der Waals surface area contributed by atoms with Gasteiger partial charge in [0.15, 0.2) is 0 Å². The van der Waals surface area contributed by atoms with Gasteiger partial charge in [0.25, 0.3) is 0 Å². The first-order valence-corrected chi connectivity index (χ1v) is 7.83. The molecule has 0 saturated carbocycles. The Balaban J connectivity index is 2.01. The molecule has 0 spiro atoms. The van der Waals surface area contributed by atoms with Gasteiger partial charge in [0.2, 0.25) is 0 Å². The smallest absolute Gasteiger partial charge is 0.128 e. The Morgan fingerprint density at radius 3 is 2.29 bits per heavy atom. The minimum atomic E-state index is 0.791. The molecule has 2 aromatic carbocycles. The third-order valence-electron chi connectivity index (χ3n) is 3.06. The first-order chi connectivity index (χ1) is 10.2. The van der Waals surface area contributed by atoms with Crippen molar-refractivity contribution in [3.63, 3.8) is 0 Å². The van der Waals surface area contributed by atoms with Crippen molar-refractivity contribution in [1.29, 1.82) is 0 Å². The van der Waals surface area contributed by atoms with Crippen molar-refractivity contribution in [1.82, 2.24) is 5.32 Å². The molecule has 0 saturated heterocycles. The van der Waals surface area contributed by atoms with Crippen molar-refractivity contribution in [3.8, 4) is 17.2 Å². The zero-order valence-corrected chi connectivity index (χ0v) is 13.9. The standard InChI is InChI=1S/C17H20BrNO2/c1-3-10-19-12-13-4-5-16(11-17(13)18)21-15-8-6-14(20-2)7-9-15/h4-9,11,19H,3,10,12H2,1-2H3. The van der Waals surface area contributed by atoms with Crippen LogP contribution >= 0.6 is 15.9 Å². The van der Waals surface area contributed by atoms with E-state index >= 15 is 0 Å². The Labute approximate surface area is 134 Å². The molecule has 0 unspecified atom stereocenters. The largest absolute Gasteiger partial charge is 0.497 e. The van der Waals surface area contributed by atoms with Crippen LogP contribution in [0.3, 0.4) is 0 Å². The summed E-state index contributed by atoms with van der Waals surface area (Å²) < 4.78 is 12.0. The predicted molar refractivity (Wildman–Crippen MR) is 89.2 cm³/mol. The molecule has 0 aliphatic heterocycles. The molecule has 2 aromatic rings. The van der Waals surface area contributed by atoms with E-state index in [-0.39, 0.29) is 0 Å². The Hall–Kier alpha value is -1.52. The highest BCUT2D eigenvalue weighted by Gasteiger charge is 2.03. The van der Waals surface area contributed by atoms with Crippen LogP contribution < -0.4 is 14.8 Å². The second kappa shape index (κ2) is 8.05. The Kier molecular flexibility index (Phi) is 6.08. The van der Waals surface area contributed by atoms with Crippen LogP contribution in [0.5, 0.6) is 17.2 Å². The molecule has 0 aromatic heterocycles. The average molecular weight is 350 g/mol. The van der Waals surface area contributed by atoms with Crippen molar-refractivity contribution < 1.29 is 9.47 Å². The van der Waals surface area contributed by atoms with Gasteiger partial charge in [-0.3, -0.25) is 0 Å². The second-order valence-electron chi connectivity index (χ2n) is 4.71. The van der Waals surface area contributed by atoms with Gasteiger partial charge >= 0.3 is 0 Å². The van der Waals surface area contributed by atoms with E-state index in [1.165, 1.54) is 5.56 Å². The molecular formula is C17H20BrNO2. The van der Waals surface area contributed by atoms with Crippen molar-refractivity contribution in [2.45, 2.75) is 19.9 Å². The molecule has 2 rings (SSSR count). The highest BCUT2D eigenvalue weighted by atomic mass is 79.9. The monoisotopic (exact) mass is 349 g/mol. The molecule has 0 bridgehead atoms. The minimum absolute atomic E-state index is 0.791. The molecule has 0 heterocycles. The quantitative estimate of drug-likeness (QED) is 0.731. The summed E-state index contributed by atoms with van der Waals surface area (Å²) in [6, 6.07) is 13.6. The fourth-order valence-electron chi connectivity index (χ4n) is 1.91. The average Bonchev–Trinajstić information content (AvgIpc) is 2.50. The first kappa shape index (κ1) is 15.9. The summed E-state index contributed by atoms with van der Waals surface area (Å²) in [4.78, 5) is 0. The van der Waals surface area contributed by atoms with Gasteiger partial charge in [0, 0.05) is 11.0 Å². The summed E-state index contributed by atoms with van der Waals surface area (Å²) in [5, 5.41) is 3.39. The third kappa shape index (κ3) is 4.76. The van der Waals surface area contributed by atoms with Crippen molar-refractivity contribution in [2.24, 2.45) is 0 Å². The van der Waals surface area contributed by atoms with Crippen molar-refractivity contribution >= 4 is 15.9 Å². The van der Waals surface area contributed by atoms with Gasteiger partial charge in [0.1, 0.15) is 17.2 Å². The summed E-state index contributed by atoms with van der Waals surface area (Å²) in [7, 11) is 1.65. The molecule has 3 nitrogen and oxygen atoms in total. The molecule has 0 atom stereocenters. The molecule has 0 aliphatic carbocycles. The second-order valence-corrected chi connectivity index (χ2v) is 5.56. The van der Waals surface area contributed by atoms with Gasteiger partial charge in [-0.05, 0) is 54.9 Å². The van der Waals surface area contributed by atoms with Crippen LogP contribution in [0.1, 0.15) is 18.9 Å². The lowest BCUT2D eigenvalue weighted by Crippen LogP contribution is -2.14. The number of halogens is 1. The first-order valence-electron chi connectivity index (χ1n) is 7.04. The molecule has 0 amide bonds. The summed E-state index contributed by atoms with van der Waals surface area (Å²) >= 11 is 3.60. The topological polar surface area (TPSA) is 30.5 Å².